The van der Waals surface area contributed by atoms with E-state index >= 15 is 0 Å². The van der Waals surface area contributed by atoms with Gasteiger partial charge in [0.1, 0.15) is 6.04 Å². The standard InChI is InChI=1S/C10H17N3O2.C4H4/c1-2-4-7(9(11)14)13-10(15)8-5-3-6-12-8;1-3-4-2/h2,7-8,12H,1,3-6H2,(H2,11,14)(H,13,15);1,4H,2H2. The Morgan fingerprint density at radius 2 is 2.21 bits per heavy atom. The van der Waals surface area contributed by atoms with E-state index in [1.165, 1.54) is 6.08 Å². The van der Waals surface area contributed by atoms with Crippen LogP contribution in [0.1, 0.15) is 19.3 Å². The summed E-state index contributed by atoms with van der Waals surface area (Å²) in [5, 5.41) is 5.66. The zero-order valence-electron chi connectivity index (χ0n) is 11.0. The number of nitrogens with one attached hydrogen (secondary N) is 2. The van der Waals surface area contributed by atoms with Gasteiger partial charge in [-0.25, -0.2) is 0 Å². The molecule has 2 unspecified atom stereocenters. The highest BCUT2D eigenvalue weighted by molar-refractivity contribution is 5.89. The predicted octanol–water partition coefficient (Wildman–Crippen LogP) is 0.0902. The fourth-order valence-corrected chi connectivity index (χ4v) is 1.59. The van der Waals surface area contributed by atoms with Gasteiger partial charge < -0.3 is 16.4 Å². The predicted molar refractivity (Wildman–Crippen MR) is 76.0 cm³/mol. The van der Waals surface area contributed by atoms with Gasteiger partial charge in [0.2, 0.25) is 11.8 Å². The number of amides is 2. The molecule has 0 aromatic carbocycles. The summed E-state index contributed by atoms with van der Waals surface area (Å²) < 4.78 is 0. The summed E-state index contributed by atoms with van der Waals surface area (Å²) in [5.41, 5.74) is 5.15. The van der Waals surface area contributed by atoms with Gasteiger partial charge in [-0.2, -0.15) is 0 Å². The van der Waals surface area contributed by atoms with Crippen LogP contribution >= 0.6 is 0 Å². The second-order valence-corrected chi connectivity index (χ2v) is 4.01. The Balaban J connectivity index is 0.000000711. The van der Waals surface area contributed by atoms with Crippen LogP contribution in [-0.4, -0.2) is 30.4 Å². The zero-order valence-corrected chi connectivity index (χ0v) is 11.0. The summed E-state index contributed by atoms with van der Waals surface area (Å²) in [6.45, 7) is 7.60. The summed E-state index contributed by atoms with van der Waals surface area (Å²) in [7, 11) is 0. The van der Waals surface area contributed by atoms with E-state index in [4.69, 9.17) is 5.73 Å². The molecule has 19 heavy (non-hydrogen) atoms. The number of nitrogens with two attached hydrogens (primary N) is 1. The summed E-state index contributed by atoms with van der Waals surface area (Å²) in [6, 6.07) is -0.825. The van der Waals surface area contributed by atoms with Crippen LogP contribution in [0.5, 0.6) is 0 Å². The van der Waals surface area contributed by atoms with Crippen LogP contribution in [0.4, 0.5) is 0 Å². The lowest BCUT2D eigenvalue weighted by atomic mass is 10.1. The molecule has 1 rings (SSSR count). The van der Waals surface area contributed by atoms with Crippen molar-refractivity contribution >= 4 is 11.8 Å². The van der Waals surface area contributed by atoms with Crippen molar-refractivity contribution in [3.63, 3.8) is 0 Å². The third kappa shape index (κ3) is 7.06. The second-order valence-electron chi connectivity index (χ2n) is 4.01. The van der Waals surface area contributed by atoms with Crippen LogP contribution in [0.15, 0.2) is 25.3 Å². The maximum Gasteiger partial charge on any atom is 0.240 e. The molecule has 1 fully saturated rings. The maximum atomic E-state index is 11.6. The number of rotatable bonds is 5. The van der Waals surface area contributed by atoms with Gasteiger partial charge in [0.05, 0.1) is 6.04 Å². The molecule has 104 valence electrons. The molecular weight excluding hydrogens is 242 g/mol. The summed E-state index contributed by atoms with van der Waals surface area (Å²) in [6.07, 6.45) is 9.80. The topological polar surface area (TPSA) is 84.2 Å². The zero-order chi connectivity index (χ0) is 14.7. The molecule has 2 atom stereocenters. The van der Waals surface area contributed by atoms with Crippen LogP contribution in [-0.2, 0) is 9.59 Å². The monoisotopic (exact) mass is 263 g/mol. The molecule has 0 aliphatic carbocycles. The first-order valence-electron chi connectivity index (χ1n) is 6.07. The lowest BCUT2D eigenvalue weighted by Gasteiger charge is -2.16. The molecule has 5 nitrogen and oxygen atoms in total. The van der Waals surface area contributed by atoms with Crippen LogP contribution in [0, 0.1) is 12.3 Å². The van der Waals surface area contributed by atoms with Crippen molar-refractivity contribution in [2.45, 2.75) is 31.3 Å². The molecule has 0 saturated carbocycles. The Morgan fingerprint density at radius 3 is 2.58 bits per heavy atom. The van der Waals surface area contributed by atoms with Crippen LogP contribution < -0.4 is 16.4 Å². The quantitative estimate of drug-likeness (QED) is 0.485. The molecule has 4 N–H and O–H groups in total. The van der Waals surface area contributed by atoms with Crippen LogP contribution in [0.2, 0.25) is 0 Å². The van der Waals surface area contributed by atoms with Gasteiger partial charge in [-0.1, -0.05) is 18.6 Å². The average molecular weight is 263 g/mol. The highest BCUT2D eigenvalue weighted by Crippen LogP contribution is 2.05. The SMILES string of the molecule is C#CC=C.C=CCC(NC(=O)C1CCCN1)C(N)=O. The van der Waals surface area contributed by atoms with Gasteiger partial charge in [-0.3, -0.25) is 9.59 Å². The molecule has 1 heterocycles. The van der Waals surface area contributed by atoms with E-state index in [0.29, 0.717) is 6.42 Å². The van der Waals surface area contributed by atoms with E-state index in [0.717, 1.165) is 19.4 Å². The molecule has 1 aliphatic rings. The molecule has 0 aromatic rings. The minimum atomic E-state index is -0.641. The minimum absolute atomic E-state index is 0.154. The van der Waals surface area contributed by atoms with Gasteiger partial charge in [0.25, 0.3) is 0 Å². The number of carbonyl (C=O) groups is 2. The summed E-state index contributed by atoms with van der Waals surface area (Å²) >= 11 is 0. The van der Waals surface area contributed by atoms with Gasteiger partial charge >= 0.3 is 0 Å². The number of hydrogen-bond donors (Lipinski definition) is 3. The Morgan fingerprint density at radius 1 is 1.58 bits per heavy atom. The van der Waals surface area contributed by atoms with Crippen molar-refractivity contribution < 1.29 is 9.59 Å². The van der Waals surface area contributed by atoms with Gasteiger partial charge in [-0.05, 0) is 31.9 Å². The van der Waals surface area contributed by atoms with Gasteiger partial charge in [0, 0.05) is 0 Å². The third-order valence-corrected chi connectivity index (χ3v) is 2.56. The lowest BCUT2D eigenvalue weighted by molar-refractivity contribution is -0.128. The molecule has 2 amide bonds. The summed E-state index contributed by atoms with van der Waals surface area (Å²) in [4.78, 5) is 22.6. The molecule has 0 bridgehead atoms. The van der Waals surface area contributed by atoms with E-state index in [2.05, 4.69) is 36.1 Å². The number of primary amides is 1. The number of terminal acetylenes is 1. The Bertz CT molecular complexity index is 365. The Hall–Kier alpha value is -2.06. The first-order valence-corrected chi connectivity index (χ1v) is 6.07. The summed E-state index contributed by atoms with van der Waals surface area (Å²) in [5.74, 6) is 1.51. The number of carbonyl (C=O) groups excluding carboxylic acids is 2. The van der Waals surface area contributed by atoms with Crippen molar-refractivity contribution in [2.24, 2.45) is 5.73 Å². The highest BCUT2D eigenvalue weighted by Gasteiger charge is 2.25. The first kappa shape index (κ1) is 16.9. The maximum absolute atomic E-state index is 11.6. The van der Waals surface area contributed by atoms with Gasteiger partial charge in [0.15, 0.2) is 0 Å². The molecular formula is C14H21N3O2. The van der Waals surface area contributed by atoms with Crippen LogP contribution in [0.25, 0.3) is 0 Å². The molecule has 1 saturated heterocycles. The number of allylic oxidation sites excluding steroid dienone is 1. The Labute approximate surface area is 114 Å². The van der Waals surface area contributed by atoms with Crippen LogP contribution in [0.3, 0.4) is 0 Å². The lowest BCUT2D eigenvalue weighted by Crippen LogP contribution is -2.50. The Kier molecular flexibility index (Phi) is 8.84. The van der Waals surface area contributed by atoms with E-state index in [1.807, 2.05) is 0 Å². The molecule has 0 radical (unpaired) electrons. The average Bonchev–Trinajstić information content (AvgIpc) is 2.92. The van der Waals surface area contributed by atoms with E-state index in [1.54, 1.807) is 6.08 Å². The minimum Gasteiger partial charge on any atom is -0.368 e. The molecule has 0 aromatic heterocycles. The second kappa shape index (κ2) is 9.92. The normalized spacial score (nSPS) is 18.2. The third-order valence-electron chi connectivity index (χ3n) is 2.56. The van der Waals surface area contributed by atoms with Crippen molar-refractivity contribution in [3.8, 4) is 12.3 Å². The first-order chi connectivity index (χ1) is 9.06. The van der Waals surface area contributed by atoms with E-state index < -0.39 is 11.9 Å². The fraction of sp³-hybridized carbons (Fsp3) is 0.429. The number of hydrogen-bond acceptors (Lipinski definition) is 3. The molecule has 5 heteroatoms. The van der Waals surface area contributed by atoms with E-state index in [-0.39, 0.29) is 11.9 Å². The largest absolute Gasteiger partial charge is 0.368 e. The van der Waals surface area contributed by atoms with Crippen molar-refractivity contribution in [1.82, 2.24) is 10.6 Å². The molecule has 0 spiro atoms. The van der Waals surface area contributed by atoms with E-state index in [9.17, 15) is 9.59 Å². The van der Waals surface area contributed by atoms with Crippen molar-refractivity contribution in [3.05, 3.63) is 25.3 Å². The fourth-order valence-electron chi connectivity index (χ4n) is 1.59. The smallest absolute Gasteiger partial charge is 0.240 e. The highest BCUT2D eigenvalue weighted by atomic mass is 16.2. The van der Waals surface area contributed by atoms with Crippen molar-refractivity contribution in [2.75, 3.05) is 6.54 Å². The molecule has 1 aliphatic heterocycles. The van der Waals surface area contributed by atoms with Crippen molar-refractivity contribution in [1.29, 1.82) is 0 Å². The van der Waals surface area contributed by atoms with Gasteiger partial charge in [-0.15, -0.1) is 13.0 Å².